The molecular weight excluding hydrogens is 358 g/mol. The first kappa shape index (κ1) is 19.4. The van der Waals surface area contributed by atoms with Crippen LogP contribution in [0.4, 0.5) is 0 Å². The third kappa shape index (κ3) is 4.31. The fraction of sp³-hybridized carbons (Fsp3) is 0.273. The molecule has 0 aliphatic rings. The molecule has 0 heterocycles. The van der Waals surface area contributed by atoms with Gasteiger partial charge < -0.3 is 4.74 Å². The molecule has 0 aliphatic carbocycles. The summed E-state index contributed by atoms with van der Waals surface area (Å²) in [6.07, 6.45) is 1.56. The maximum atomic E-state index is 12.7. The van der Waals surface area contributed by atoms with Gasteiger partial charge in [-0.05, 0) is 66.3 Å². The van der Waals surface area contributed by atoms with Gasteiger partial charge in [-0.15, -0.1) is 0 Å². The average Bonchev–Trinajstić information content (AvgIpc) is 2.64. The molecule has 0 aliphatic heterocycles. The number of methoxy groups -OCH3 is 1. The summed E-state index contributed by atoms with van der Waals surface area (Å²) >= 11 is 0. The number of nitrogens with one attached hydrogen (secondary N) is 1. The van der Waals surface area contributed by atoms with Gasteiger partial charge in [0.05, 0.1) is 12.0 Å². The first-order valence-electron chi connectivity index (χ1n) is 9.04. The molecule has 0 radical (unpaired) electrons. The first-order valence-corrected chi connectivity index (χ1v) is 10.5. The monoisotopic (exact) mass is 383 g/mol. The predicted molar refractivity (Wildman–Crippen MR) is 110 cm³/mol. The molecule has 142 valence electrons. The molecule has 0 unspecified atom stereocenters. The lowest BCUT2D eigenvalue weighted by Gasteiger charge is -2.14. The van der Waals surface area contributed by atoms with E-state index in [1.54, 1.807) is 33.1 Å². The summed E-state index contributed by atoms with van der Waals surface area (Å²) in [7, 11) is -1.97. The molecule has 5 heteroatoms. The molecule has 0 fully saturated rings. The molecule has 0 bridgehead atoms. The van der Waals surface area contributed by atoms with Crippen LogP contribution in [0.5, 0.6) is 5.75 Å². The van der Waals surface area contributed by atoms with E-state index in [0.717, 1.165) is 12.8 Å². The van der Waals surface area contributed by atoms with E-state index in [2.05, 4.69) is 29.0 Å². The normalized spacial score (nSPS) is 11.7. The van der Waals surface area contributed by atoms with Crippen molar-refractivity contribution >= 4 is 20.8 Å². The molecule has 0 saturated carbocycles. The molecule has 3 aromatic rings. The average molecular weight is 384 g/mol. The quantitative estimate of drug-likeness (QED) is 0.616. The van der Waals surface area contributed by atoms with Gasteiger partial charge in [0.25, 0.3) is 0 Å². The van der Waals surface area contributed by atoms with Gasteiger partial charge in [0, 0.05) is 6.54 Å². The van der Waals surface area contributed by atoms with E-state index < -0.39 is 10.0 Å². The topological polar surface area (TPSA) is 55.4 Å². The highest BCUT2D eigenvalue weighted by molar-refractivity contribution is 7.89. The zero-order valence-electron chi connectivity index (χ0n) is 16.0. The van der Waals surface area contributed by atoms with Crippen LogP contribution in [0.25, 0.3) is 10.8 Å². The standard InChI is InChI=1S/C22H25NO3S/c1-16-14-20(26-3)15-17(2)22(16)27(24,25)23-13-7-11-19-10-6-9-18-8-4-5-12-21(18)19/h4-6,8-10,12,14-15,23H,7,11,13H2,1-3H3. The van der Waals surface area contributed by atoms with Crippen LogP contribution >= 0.6 is 0 Å². The third-order valence-corrected chi connectivity index (χ3v) is 6.50. The van der Waals surface area contributed by atoms with Gasteiger partial charge in [0.1, 0.15) is 5.75 Å². The van der Waals surface area contributed by atoms with Gasteiger partial charge in [-0.3, -0.25) is 0 Å². The Balaban J connectivity index is 1.68. The highest BCUT2D eigenvalue weighted by Crippen LogP contribution is 2.25. The maximum absolute atomic E-state index is 12.7. The summed E-state index contributed by atoms with van der Waals surface area (Å²) in [6.45, 7) is 3.98. The Kier molecular flexibility index (Phi) is 5.82. The molecule has 27 heavy (non-hydrogen) atoms. The maximum Gasteiger partial charge on any atom is 0.241 e. The molecular formula is C22H25NO3S. The van der Waals surface area contributed by atoms with Crippen molar-refractivity contribution in [2.45, 2.75) is 31.6 Å². The van der Waals surface area contributed by atoms with Crippen LogP contribution in [0.3, 0.4) is 0 Å². The number of fused-ring (bicyclic) bond motifs is 1. The molecule has 0 spiro atoms. The number of rotatable bonds is 7. The molecule has 4 nitrogen and oxygen atoms in total. The minimum atomic E-state index is -3.55. The smallest absolute Gasteiger partial charge is 0.241 e. The fourth-order valence-corrected chi connectivity index (χ4v) is 5.04. The Hall–Kier alpha value is -2.37. The predicted octanol–water partition coefficient (Wildman–Crippen LogP) is 4.38. The minimum Gasteiger partial charge on any atom is -0.497 e. The van der Waals surface area contributed by atoms with E-state index in [-0.39, 0.29) is 0 Å². The summed E-state index contributed by atoms with van der Waals surface area (Å²) in [6, 6.07) is 18.0. The second-order valence-corrected chi connectivity index (χ2v) is 8.43. The molecule has 3 aromatic carbocycles. The summed E-state index contributed by atoms with van der Waals surface area (Å²) in [5, 5.41) is 2.43. The van der Waals surface area contributed by atoms with Crippen molar-refractivity contribution in [1.29, 1.82) is 0 Å². The van der Waals surface area contributed by atoms with E-state index >= 15 is 0 Å². The van der Waals surface area contributed by atoms with Crippen molar-refractivity contribution in [2.24, 2.45) is 0 Å². The molecule has 0 amide bonds. The molecule has 3 rings (SSSR count). The number of hydrogen-bond acceptors (Lipinski definition) is 3. The number of ether oxygens (including phenoxy) is 1. The summed E-state index contributed by atoms with van der Waals surface area (Å²) in [5.74, 6) is 0.667. The number of benzene rings is 3. The SMILES string of the molecule is COc1cc(C)c(S(=O)(=O)NCCCc2cccc3ccccc23)c(C)c1. The Morgan fingerprint density at radius 1 is 0.963 bits per heavy atom. The van der Waals surface area contributed by atoms with Crippen LogP contribution in [0.1, 0.15) is 23.1 Å². The van der Waals surface area contributed by atoms with Crippen molar-refractivity contribution in [3.8, 4) is 5.75 Å². The Bertz CT molecular complexity index is 1030. The van der Waals surface area contributed by atoms with Crippen LogP contribution in [0, 0.1) is 13.8 Å². The molecule has 1 N–H and O–H groups in total. The zero-order chi connectivity index (χ0) is 19.4. The van der Waals surface area contributed by atoms with Gasteiger partial charge in [-0.2, -0.15) is 0 Å². The van der Waals surface area contributed by atoms with Gasteiger partial charge in [-0.25, -0.2) is 13.1 Å². The van der Waals surface area contributed by atoms with Crippen molar-refractivity contribution in [3.05, 3.63) is 71.3 Å². The van der Waals surface area contributed by atoms with Crippen molar-refractivity contribution in [1.82, 2.24) is 4.72 Å². The Morgan fingerprint density at radius 2 is 1.63 bits per heavy atom. The number of aryl methyl sites for hydroxylation is 3. The van der Waals surface area contributed by atoms with Crippen LogP contribution in [-0.2, 0) is 16.4 Å². The lowest BCUT2D eigenvalue weighted by Crippen LogP contribution is -2.26. The summed E-state index contributed by atoms with van der Waals surface area (Å²) in [5.41, 5.74) is 2.62. The van der Waals surface area contributed by atoms with Crippen molar-refractivity contribution in [2.75, 3.05) is 13.7 Å². The van der Waals surface area contributed by atoms with E-state index in [9.17, 15) is 8.42 Å². The highest BCUT2D eigenvalue weighted by atomic mass is 32.2. The molecule has 0 atom stereocenters. The van der Waals surface area contributed by atoms with E-state index in [1.807, 2.05) is 18.2 Å². The summed E-state index contributed by atoms with van der Waals surface area (Å²) < 4.78 is 33.4. The van der Waals surface area contributed by atoms with Gasteiger partial charge in [0.2, 0.25) is 10.0 Å². The number of hydrogen-bond donors (Lipinski definition) is 1. The lowest BCUT2D eigenvalue weighted by atomic mass is 10.0. The van der Waals surface area contributed by atoms with Gasteiger partial charge in [-0.1, -0.05) is 42.5 Å². The zero-order valence-corrected chi connectivity index (χ0v) is 16.8. The summed E-state index contributed by atoms with van der Waals surface area (Å²) in [4.78, 5) is 0.341. The van der Waals surface area contributed by atoms with Crippen LogP contribution in [-0.4, -0.2) is 22.1 Å². The van der Waals surface area contributed by atoms with Gasteiger partial charge in [0.15, 0.2) is 0 Å². The Labute approximate surface area is 161 Å². The lowest BCUT2D eigenvalue weighted by molar-refractivity contribution is 0.413. The molecule has 0 aromatic heterocycles. The largest absolute Gasteiger partial charge is 0.497 e. The number of sulfonamides is 1. The van der Waals surface area contributed by atoms with Crippen LogP contribution < -0.4 is 9.46 Å². The second-order valence-electron chi connectivity index (χ2n) is 6.73. The second kappa shape index (κ2) is 8.11. The van der Waals surface area contributed by atoms with Crippen LogP contribution in [0.2, 0.25) is 0 Å². The van der Waals surface area contributed by atoms with Crippen molar-refractivity contribution in [3.63, 3.8) is 0 Å². The highest BCUT2D eigenvalue weighted by Gasteiger charge is 2.20. The van der Waals surface area contributed by atoms with E-state index in [0.29, 0.717) is 28.3 Å². The molecule has 0 saturated heterocycles. The first-order chi connectivity index (χ1) is 12.9. The van der Waals surface area contributed by atoms with Crippen molar-refractivity contribution < 1.29 is 13.2 Å². The third-order valence-electron chi connectivity index (χ3n) is 4.73. The fourth-order valence-electron chi connectivity index (χ4n) is 3.52. The van der Waals surface area contributed by atoms with E-state index in [1.165, 1.54) is 16.3 Å². The van der Waals surface area contributed by atoms with Crippen LogP contribution in [0.15, 0.2) is 59.5 Å². The minimum absolute atomic E-state index is 0.341. The van der Waals surface area contributed by atoms with E-state index in [4.69, 9.17) is 4.74 Å². The van der Waals surface area contributed by atoms with Gasteiger partial charge >= 0.3 is 0 Å². The Morgan fingerprint density at radius 3 is 2.33 bits per heavy atom.